The van der Waals surface area contributed by atoms with Crippen molar-refractivity contribution in [3.63, 3.8) is 0 Å². The average molecular weight is 264 g/mol. The average Bonchev–Trinajstić information content (AvgIpc) is 2.15. The van der Waals surface area contributed by atoms with Crippen LogP contribution in [0.3, 0.4) is 0 Å². The molecular weight excluding hydrogens is 238 g/mol. The molecule has 0 heterocycles. The first-order valence-corrected chi connectivity index (χ1v) is 5.99. The quantitative estimate of drug-likeness (QED) is 0.486. The van der Waals surface area contributed by atoms with Gasteiger partial charge in [-0.3, -0.25) is 4.79 Å². The molecule has 0 saturated carbocycles. The molecule has 0 radical (unpaired) electrons. The third-order valence-electron chi connectivity index (χ3n) is 2.49. The molecule has 0 aliphatic heterocycles. The van der Waals surface area contributed by atoms with E-state index in [2.05, 4.69) is 6.92 Å². The summed E-state index contributed by atoms with van der Waals surface area (Å²) in [5.74, 6) is -0.659. The van der Waals surface area contributed by atoms with Crippen LogP contribution in [0, 0.1) is 0 Å². The van der Waals surface area contributed by atoms with Gasteiger partial charge in [0.25, 0.3) is 0 Å². The van der Waals surface area contributed by atoms with E-state index >= 15 is 0 Å². The zero-order valence-electron chi connectivity index (χ0n) is 9.43. The van der Waals surface area contributed by atoms with E-state index in [1.807, 2.05) is 0 Å². The van der Waals surface area contributed by atoms with Crippen LogP contribution in [0.25, 0.3) is 0 Å². The van der Waals surface area contributed by atoms with Gasteiger partial charge in [-0.05, 0) is 6.42 Å². The van der Waals surface area contributed by atoms with E-state index in [1.165, 1.54) is 44.9 Å². The van der Waals surface area contributed by atoms with Gasteiger partial charge in [0.15, 0.2) is 0 Å². The van der Waals surface area contributed by atoms with E-state index in [4.69, 9.17) is 5.11 Å². The van der Waals surface area contributed by atoms with Gasteiger partial charge in [0, 0.05) is 6.42 Å². The molecule has 4 heteroatoms. The standard InChI is InChI=1S/C12H24O2.K.Na.2H/c1-2-3-4-5-6-7-8-9-10-11-12(13)14;;;;/h2-11H2,1H3,(H,13,14);;;;. The van der Waals surface area contributed by atoms with Crippen molar-refractivity contribution >= 4 is 86.9 Å². The number of aliphatic carboxylic acids is 1. The summed E-state index contributed by atoms with van der Waals surface area (Å²) in [5, 5.41) is 8.41. The molecule has 0 bridgehead atoms. The van der Waals surface area contributed by atoms with Gasteiger partial charge in [0.2, 0.25) is 0 Å². The van der Waals surface area contributed by atoms with Crippen LogP contribution in [0.4, 0.5) is 0 Å². The van der Waals surface area contributed by atoms with E-state index in [1.54, 1.807) is 0 Å². The molecule has 0 amide bonds. The van der Waals surface area contributed by atoms with Gasteiger partial charge in [-0.15, -0.1) is 0 Å². The Morgan fingerprint density at radius 3 is 1.62 bits per heavy atom. The van der Waals surface area contributed by atoms with Crippen molar-refractivity contribution in [3.05, 3.63) is 0 Å². The van der Waals surface area contributed by atoms with Crippen LogP contribution in [-0.2, 0) is 4.79 Å². The van der Waals surface area contributed by atoms with Crippen LogP contribution in [0.2, 0.25) is 0 Å². The van der Waals surface area contributed by atoms with Crippen molar-refractivity contribution in [3.8, 4) is 0 Å². The number of carboxylic acids is 1. The normalized spacial score (nSPS) is 9.06. The number of hydrogen-bond donors (Lipinski definition) is 1. The zero-order valence-corrected chi connectivity index (χ0v) is 9.43. The molecule has 1 N–H and O–H groups in total. The second-order valence-corrected chi connectivity index (χ2v) is 3.97. The van der Waals surface area contributed by atoms with Gasteiger partial charge in [-0.1, -0.05) is 58.3 Å². The minimum atomic E-state index is -0.659. The van der Waals surface area contributed by atoms with E-state index in [0.29, 0.717) is 6.42 Å². The minimum absolute atomic E-state index is 0. The van der Waals surface area contributed by atoms with E-state index in [-0.39, 0.29) is 80.9 Å². The van der Waals surface area contributed by atoms with Gasteiger partial charge in [-0.25, -0.2) is 0 Å². The summed E-state index contributed by atoms with van der Waals surface area (Å²) < 4.78 is 0. The summed E-state index contributed by atoms with van der Waals surface area (Å²) in [5.41, 5.74) is 0. The Balaban J connectivity index is -0.000000845. The fourth-order valence-corrected chi connectivity index (χ4v) is 1.59. The second-order valence-electron chi connectivity index (χ2n) is 3.97. The predicted octanol–water partition coefficient (Wildman–Crippen LogP) is 2.69. The van der Waals surface area contributed by atoms with Gasteiger partial charge in [0.1, 0.15) is 0 Å². The zero-order chi connectivity index (χ0) is 10.6. The molecular formula is C12H26KNaO2. The van der Waals surface area contributed by atoms with Crippen molar-refractivity contribution in [1.29, 1.82) is 0 Å². The number of unbranched alkanes of at least 4 members (excludes halogenated alkanes) is 8. The van der Waals surface area contributed by atoms with Crippen molar-refractivity contribution in [2.24, 2.45) is 0 Å². The predicted molar refractivity (Wildman–Crippen MR) is 73.8 cm³/mol. The van der Waals surface area contributed by atoms with E-state index in [0.717, 1.165) is 12.8 Å². The van der Waals surface area contributed by atoms with Crippen LogP contribution in [0.1, 0.15) is 71.1 Å². The molecule has 2 nitrogen and oxygen atoms in total. The van der Waals surface area contributed by atoms with Crippen LogP contribution < -0.4 is 0 Å². The van der Waals surface area contributed by atoms with Crippen LogP contribution in [0.5, 0.6) is 0 Å². The Labute approximate surface area is 165 Å². The molecule has 0 spiro atoms. The Bertz CT molecular complexity index is 143. The number of carbonyl (C=O) groups is 1. The van der Waals surface area contributed by atoms with Gasteiger partial charge < -0.3 is 5.11 Å². The Morgan fingerprint density at radius 2 is 1.25 bits per heavy atom. The first-order valence-electron chi connectivity index (χ1n) is 5.99. The molecule has 0 unspecified atom stereocenters. The van der Waals surface area contributed by atoms with Crippen molar-refractivity contribution in [1.82, 2.24) is 0 Å². The first-order chi connectivity index (χ1) is 6.77. The Morgan fingerprint density at radius 1 is 0.875 bits per heavy atom. The number of hydrogen-bond acceptors (Lipinski definition) is 1. The van der Waals surface area contributed by atoms with Crippen molar-refractivity contribution in [2.45, 2.75) is 71.1 Å². The maximum absolute atomic E-state index is 10.2. The maximum atomic E-state index is 10.2. The molecule has 0 aliphatic rings. The number of rotatable bonds is 10. The van der Waals surface area contributed by atoms with Gasteiger partial charge >= 0.3 is 86.9 Å². The van der Waals surface area contributed by atoms with E-state index in [9.17, 15) is 4.79 Å². The van der Waals surface area contributed by atoms with Crippen LogP contribution in [0.15, 0.2) is 0 Å². The van der Waals surface area contributed by atoms with Crippen molar-refractivity contribution < 1.29 is 9.90 Å². The molecule has 0 atom stereocenters. The first kappa shape index (κ1) is 23.2. The van der Waals surface area contributed by atoms with Crippen LogP contribution >= 0.6 is 0 Å². The monoisotopic (exact) mass is 264 g/mol. The molecule has 16 heavy (non-hydrogen) atoms. The third kappa shape index (κ3) is 21.4. The third-order valence-corrected chi connectivity index (χ3v) is 2.49. The molecule has 0 fully saturated rings. The Hall–Kier alpha value is 2.11. The molecule has 0 aromatic heterocycles. The molecule has 0 saturated heterocycles. The Kier molecular flexibility index (Phi) is 28.2. The summed E-state index contributed by atoms with van der Waals surface area (Å²) in [6.07, 6.45) is 11.5. The fourth-order valence-electron chi connectivity index (χ4n) is 1.59. The summed E-state index contributed by atoms with van der Waals surface area (Å²) >= 11 is 0. The molecule has 0 aromatic carbocycles. The molecule has 0 rings (SSSR count). The molecule has 88 valence electrons. The summed E-state index contributed by atoms with van der Waals surface area (Å²) in [6, 6.07) is 0. The van der Waals surface area contributed by atoms with Gasteiger partial charge in [-0.2, -0.15) is 0 Å². The van der Waals surface area contributed by atoms with Crippen LogP contribution in [-0.4, -0.2) is 92.0 Å². The van der Waals surface area contributed by atoms with Gasteiger partial charge in [0.05, 0.1) is 0 Å². The molecule has 0 aromatic rings. The summed E-state index contributed by atoms with van der Waals surface area (Å²) in [7, 11) is 0. The topological polar surface area (TPSA) is 37.3 Å². The second kappa shape index (κ2) is 19.4. The fraction of sp³-hybridized carbons (Fsp3) is 0.917. The van der Waals surface area contributed by atoms with E-state index < -0.39 is 5.97 Å². The number of carboxylic acid groups (broad SMARTS) is 1. The summed E-state index contributed by atoms with van der Waals surface area (Å²) in [4.78, 5) is 10.2. The molecule has 0 aliphatic carbocycles. The SMILES string of the molecule is CCCCCCCCCCCC(=O)O.[KH].[NaH]. The summed E-state index contributed by atoms with van der Waals surface area (Å²) in [6.45, 7) is 2.23. The van der Waals surface area contributed by atoms with Crippen molar-refractivity contribution in [2.75, 3.05) is 0 Å².